The number of aromatic nitrogens is 2. The first-order valence-electron chi connectivity index (χ1n) is 9.47. The number of nitrogens with one attached hydrogen (secondary N) is 1. The Labute approximate surface area is 178 Å². The van der Waals surface area contributed by atoms with Crippen molar-refractivity contribution in [3.05, 3.63) is 56.7 Å². The van der Waals surface area contributed by atoms with Crippen molar-refractivity contribution >= 4 is 40.6 Å². The summed E-state index contributed by atoms with van der Waals surface area (Å²) in [5.74, 6) is -0.740. The number of carbonyl (C=O) groups excluding carboxylic acids is 1. The number of amides is 1. The van der Waals surface area contributed by atoms with Crippen LogP contribution in [0.3, 0.4) is 0 Å². The van der Waals surface area contributed by atoms with Crippen molar-refractivity contribution in [1.29, 1.82) is 0 Å². The number of nitrogen functional groups attached to an aromatic ring is 1. The van der Waals surface area contributed by atoms with Crippen molar-refractivity contribution in [3.63, 3.8) is 0 Å². The lowest BCUT2D eigenvalue weighted by atomic mass is 10.1. The molecule has 0 spiro atoms. The lowest BCUT2D eigenvalue weighted by Crippen LogP contribution is -2.43. The first-order valence-corrected chi connectivity index (χ1v) is 10.2. The standard InChI is InChI=1S/C20H24Cl2N4O3/c1-12(2)8-9-25(18(28)14-10-20(14,21)22)15-16(23)26(19(29)24-17(15)27)11-13-6-4-3-5-7-13/h3-7,12,14H,8-11,23H2,1-2H3,(H,24,27,29). The van der Waals surface area contributed by atoms with Gasteiger partial charge in [0.2, 0.25) is 5.91 Å². The van der Waals surface area contributed by atoms with Gasteiger partial charge < -0.3 is 10.6 Å². The molecule has 0 aliphatic heterocycles. The monoisotopic (exact) mass is 438 g/mol. The molecule has 1 unspecified atom stereocenters. The Morgan fingerprint density at radius 3 is 2.48 bits per heavy atom. The molecular formula is C20H24Cl2N4O3. The van der Waals surface area contributed by atoms with E-state index in [1.54, 1.807) is 0 Å². The number of hydrogen-bond acceptors (Lipinski definition) is 4. The van der Waals surface area contributed by atoms with Gasteiger partial charge in [0.15, 0.2) is 5.69 Å². The topological polar surface area (TPSA) is 101 Å². The Morgan fingerprint density at radius 1 is 1.31 bits per heavy atom. The van der Waals surface area contributed by atoms with Crippen LogP contribution in [-0.4, -0.2) is 26.3 Å². The average molecular weight is 439 g/mol. The molecule has 1 atom stereocenters. The smallest absolute Gasteiger partial charge is 0.330 e. The fraction of sp³-hybridized carbons (Fsp3) is 0.450. The molecule has 0 bridgehead atoms. The van der Waals surface area contributed by atoms with Crippen LogP contribution in [0.4, 0.5) is 11.5 Å². The number of alkyl halides is 2. The van der Waals surface area contributed by atoms with Gasteiger partial charge in [-0.05, 0) is 24.3 Å². The summed E-state index contributed by atoms with van der Waals surface area (Å²) in [6, 6.07) is 9.24. The van der Waals surface area contributed by atoms with Crippen LogP contribution in [0.1, 0.15) is 32.3 Å². The first-order chi connectivity index (χ1) is 13.6. The largest absolute Gasteiger partial charge is 0.383 e. The summed E-state index contributed by atoms with van der Waals surface area (Å²) in [6.07, 6.45) is 0.960. The van der Waals surface area contributed by atoms with Crippen LogP contribution in [0.5, 0.6) is 0 Å². The van der Waals surface area contributed by atoms with E-state index < -0.39 is 21.5 Å². The molecule has 1 aliphatic rings. The Morgan fingerprint density at radius 2 is 1.93 bits per heavy atom. The van der Waals surface area contributed by atoms with Crippen LogP contribution in [0.15, 0.2) is 39.9 Å². The Balaban J connectivity index is 2.04. The third-order valence-corrected chi connectivity index (χ3v) is 5.82. The van der Waals surface area contributed by atoms with Crippen molar-refractivity contribution in [2.24, 2.45) is 11.8 Å². The second-order valence-electron chi connectivity index (χ2n) is 7.76. The highest BCUT2D eigenvalue weighted by Crippen LogP contribution is 2.54. The van der Waals surface area contributed by atoms with Crippen molar-refractivity contribution in [2.45, 2.75) is 37.6 Å². The molecular weight excluding hydrogens is 415 g/mol. The maximum atomic E-state index is 13.1. The maximum absolute atomic E-state index is 13.1. The molecule has 1 saturated carbocycles. The van der Waals surface area contributed by atoms with Gasteiger partial charge in [0.1, 0.15) is 10.2 Å². The number of H-pyrrole nitrogens is 1. The fourth-order valence-corrected chi connectivity index (χ4v) is 3.65. The van der Waals surface area contributed by atoms with E-state index in [0.29, 0.717) is 12.8 Å². The molecule has 1 aromatic carbocycles. The number of carbonyl (C=O) groups is 1. The molecule has 1 aromatic heterocycles. The van der Waals surface area contributed by atoms with E-state index >= 15 is 0 Å². The molecule has 1 fully saturated rings. The molecule has 3 rings (SSSR count). The van der Waals surface area contributed by atoms with Gasteiger partial charge in [0, 0.05) is 6.54 Å². The SMILES string of the molecule is CC(C)CCN(C(=O)C1CC1(Cl)Cl)c1c(N)n(Cc2ccccc2)c(=O)[nH]c1=O. The molecule has 3 N–H and O–H groups in total. The third kappa shape index (κ3) is 4.67. The van der Waals surface area contributed by atoms with Gasteiger partial charge >= 0.3 is 5.69 Å². The molecule has 1 amide bonds. The van der Waals surface area contributed by atoms with Crippen LogP contribution in [0.2, 0.25) is 0 Å². The minimum absolute atomic E-state index is 0.0396. The van der Waals surface area contributed by atoms with E-state index in [1.165, 1.54) is 9.47 Å². The molecule has 7 nitrogen and oxygen atoms in total. The Hall–Kier alpha value is -2.25. The fourth-order valence-electron chi connectivity index (χ4n) is 3.15. The predicted molar refractivity (Wildman–Crippen MR) is 116 cm³/mol. The zero-order valence-corrected chi connectivity index (χ0v) is 17.8. The molecule has 29 heavy (non-hydrogen) atoms. The lowest BCUT2D eigenvalue weighted by Gasteiger charge is -2.25. The Kier molecular flexibility index (Phi) is 6.10. The molecule has 0 radical (unpaired) electrons. The summed E-state index contributed by atoms with van der Waals surface area (Å²) in [7, 11) is 0. The first kappa shape index (κ1) is 21.5. The number of aromatic amines is 1. The summed E-state index contributed by atoms with van der Waals surface area (Å²) >= 11 is 12.2. The minimum Gasteiger partial charge on any atom is -0.383 e. The summed E-state index contributed by atoms with van der Waals surface area (Å²) < 4.78 is 0.121. The molecule has 0 saturated heterocycles. The minimum atomic E-state index is -1.13. The number of nitrogens with zero attached hydrogens (tertiary/aromatic N) is 2. The van der Waals surface area contributed by atoms with Crippen molar-refractivity contribution in [1.82, 2.24) is 9.55 Å². The van der Waals surface area contributed by atoms with Crippen molar-refractivity contribution < 1.29 is 4.79 Å². The third-order valence-electron chi connectivity index (χ3n) is 4.99. The highest BCUT2D eigenvalue weighted by Gasteiger charge is 2.57. The van der Waals surface area contributed by atoms with Gasteiger partial charge in [0.05, 0.1) is 12.5 Å². The van der Waals surface area contributed by atoms with Gasteiger partial charge in [-0.15, -0.1) is 23.2 Å². The van der Waals surface area contributed by atoms with E-state index in [-0.39, 0.29) is 36.4 Å². The van der Waals surface area contributed by atoms with E-state index in [2.05, 4.69) is 4.98 Å². The van der Waals surface area contributed by atoms with Crippen LogP contribution < -0.4 is 21.9 Å². The maximum Gasteiger partial charge on any atom is 0.330 e. The average Bonchev–Trinajstić information content (AvgIpc) is 3.29. The number of anilines is 2. The van der Waals surface area contributed by atoms with Crippen LogP contribution in [0, 0.1) is 11.8 Å². The molecule has 156 valence electrons. The predicted octanol–water partition coefficient (Wildman–Crippen LogP) is 2.74. The van der Waals surface area contributed by atoms with Gasteiger partial charge in [-0.1, -0.05) is 44.2 Å². The Bertz CT molecular complexity index is 1010. The second kappa shape index (κ2) is 8.24. The van der Waals surface area contributed by atoms with Crippen molar-refractivity contribution in [3.8, 4) is 0 Å². The van der Waals surface area contributed by atoms with E-state index in [0.717, 1.165) is 5.56 Å². The number of rotatable bonds is 7. The lowest BCUT2D eigenvalue weighted by molar-refractivity contribution is -0.119. The summed E-state index contributed by atoms with van der Waals surface area (Å²) in [6.45, 7) is 4.46. The highest BCUT2D eigenvalue weighted by atomic mass is 35.5. The van der Waals surface area contributed by atoms with Gasteiger partial charge in [-0.25, -0.2) is 4.79 Å². The summed E-state index contributed by atoms with van der Waals surface area (Å²) in [5, 5.41) is 0. The zero-order valence-electron chi connectivity index (χ0n) is 16.3. The van der Waals surface area contributed by atoms with E-state index in [4.69, 9.17) is 28.9 Å². The number of benzene rings is 1. The van der Waals surface area contributed by atoms with Gasteiger partial charge in [-0.3, -0.25) is 19.1 Å². The summed E-state index contributed by atoms with van der Waals surface area (Å²) in [4.78, 5) is 41.7. The van der Waals surface area contributed by atoms with Crippen LogP contribution in [-0.2, 0) is 11.3 Å². The van der Waals surface area contributed by atoms with Crippen LogP contribution >= 0.6 is 23.2 Å². The van der Waals surface area contributed by atoms with Crippen LogP contribution in [0.25, 0.3) is 0 Å². The molecule has 1 heterocycles. The van der Waals surface area contributed by atoms with Crippen molar-refractivity contribution in [2.75, 3.05) is 17.2 Å². The normalized spacial score (nSPS) is 17.3. The van der Waals surface area contributed by atoms with Gasteiger partial charge in [0.25, 0.3) is 5.56 Å². The van der Waals surface area contributed by atoms with E-state index in [1.807, 2.05) is 44.2 Å². The highest BCUT2D eigenvalue weighted by molar-refractivity contribution is 6.52. The molecule has 9 heteroatoms. The number of nitrogens with two attached hydrogens (primary N) is 1. The van der Waals surface area contributed by atoms with E-state index in [9.17, 15) is 14.4 Å². The molecule has 2 aromatic rings. The quantitative estimate of drug-likeness (QED) is 0.648. The van der Waals surface area contributed by atoms with Gasteiger partial charge in [-0.2, -0.15) is 0 Å². The molecule has 1 aliphatic carbocycles. The number of hydrogen-bond donors (Lipinski definition) is 2. The number of halogens is 2. The second-order valence-corrected chi connectivity index (χ2v) is 9.30. The zero-order chi connectivity index (χ0) is 21.3. The summed E-state index contributed by atoms with van der Waals surface area (Å²) in [5.41, 5.74) is 5.71.